The molecule has 0 radical (unpaired) electrons. The Labute approximate surface area is 65.3 Å². The Morgan fingerprint density at radius 3 is 3.00 bits per heavy atom. The van der Waals surface area contributed by atoms with Crippen molar-refractivity contribution in [2.24, 2.45) is 5.73 Å². The lowest BCUT2D eigenvalue weighted by molar-refractivity contribution is 0.484. The summed E-state index contributed by atoms with van der Waals surface area (Å²) in [7, 11) is 0. The number of rotatable bonds is 2. The van der Waals surface area contributed by atoms with Gasteiger partial charge >= 0.3 is 0 Å². The van der Waals surface area contributed by atoms with Gasteiger partial charge in [-0.05, 0) is 24.6 Å². The van der Waals surface area contributed by atoms with Crippen LogP contribution in [0.25, 0.3) is 0 Å². The van der Waals surface area contributed by atoms with Gasteiger partial charge < -0.3 is 5.73 Å². The van der Waals surface area contributed by atoms with Gasteiger partial charge in [-0.15, -0.1) is 0 Å². The van der Waals surface area contributed by atoms with Gasteiger partial charge in [-0.2, -0.15) is 0 Å². The highest BCUT2D eigenvalue weighted by atomic mass is 19.1. The molecule has 60 valence electrons. The number of hydrogen-bond donors (Lipinski definition) is 1. The van der Waals surface area contributed by atoms with Gasteiger partial charge in [-0.25, -0.2) is 4.39 Å². The Kier molecular flexibility index (Phi) is 2.54. The third-order valence-electron chi connectivity index (χ3n) is 1.47. The molecule has 0 bridgehead atoms. The van der Waals surface area contributed by atoms with Crippen LogP contribution in [-0.2, 0) is 6.67 Å². The predicted octanol–water partition coefficient (Wildman–Crippen LogP) is 1.57. The zero-order chi connectivity index (χ0) is 8.27. The van der Waals surface area contributed by atoms with Crippen LogP contribution in [0.2, 0.25) is 0 Å². The van der Waals surface area contributed by atoms with E-state index < -0.39 is 6.67 Å². The van der Waals surface area contributed by atoms with Gasteiger partial charge in [-0.3, -0.25) is 4.98 Å². The number of pyridine rings is 1. The molecule has 0 fully saturated rings. The molecule has 3 heteroatoms. The zero-order valence-corrected chi connectivity index (χ0v) is 6.42. The Balaban J connectivity index is 2.91. The summed E-state index contributed by atoms with van der Waals surface area (Å²) < 4.78 is 12.1. The number of nitrogens with zero attached hydrogens (tertiary/aromatic N) is 1. The molecule has 0 saturated carbocycles. The fourth-order valence-corrected chi connectivity index (χ4v) is 0.827. The van der Waals surface area contributed by atoms with E-state index in [0.717, 1.165) is 5.69 Å². The van der Waals surface area contributed by atoms with E-state index >= 15 is 0 Å². The molecular weight excluding hydrogens is 143 g/mol. The van der Waals surface area contributed by atoms with Crippen molar-refractivity contribution in [3.8, 4) is 0 Å². The van der Waals surface area contributed by atoms with Crippen LogP contribution in [0, 0.1) is 0 Å². The lowest BCUT2D eigenvalue weighted by Gasteiger charge is -2.04. The van der Waals surface area contributed by atoms with Crippen molar-refractivity contribution in [3.63, 3.8) is 0 Å². The fraction of sp³-hybridized carbons (Fsp3) is 0.375. The van der Waals surface area contributed by atoms with Crippen LogP contribution < -0.4 is 5.73 Å². The second-order valence-electron chi connectivity index (χ2n) is 2.51. The smallest absolute Gasteiger partial charge is 0.115 e. The van der Waals surface area contributed by atoms with Crippen LogP contribution in [0.15, 0.2) is 18.3 Å². The van der Waals surface area contributed by atoms with E-state index in [0.29, 0.717) is 5.56 Å². The first-order valence-electron chi connectivity index (χ1n) is 3.50. The summed E-state index contributed by atoms with van der Waals surface area (Å²) in [4.78, 5) is 4.00. The van der Waals surface area contributed by atoms with Crippen LogP contribution in [0.4, 0.5) is 4.39 Å². The van der Waals surface area contributed by atoms with E-state index in [1.54, 1.807) is 18.3 Å². The Morgan fingerprint density at radius 1 is 1.73 bits per heavy atom. The molecule has 0 aliphatic carbocycles. The lowest BCUT2D eigenvalue weighted by atomic mass is 10.2. The van der Waals surface area contributed by atoms with Crippen molar-refractivity contribution < 1.29 is 4.39 Å². The number of aromatic nitrogens is 1. The average molecular weight is 154 g/mol. The topological polar surface area (TPSA) is 38.9 Å². The van der Waals surface area contributed by atoms with Crippen molar-refractivity contribution in [3.05, 3.63) is 29.6 Å². The van der Waals surface area contributed by atoms with Crippen molar-refractivity contribution in [2.75, 3.05) is 0 Å². The van der Waals surface area contributed by atoms with Crippen molar-refractivity contribution in [1.29, 1.82) is 0 Å². The SMILES string of the molecule is CC(N)c1cc(CF)ccn1. The summed E-state index contributed by atoms with van der Waals surface area (Å²) in [6, 6.07) is 3.21. The summed E-state index contributed by atoms with van der Waals surface area (Å²) in [5, 5.41) is 0. The molecular formula is C8H11FN2. The molecule has 11 heavy (non-hydrogen) atoms. The molecule has 1 atom stereocenters. The first-order valence-corrected chi connectivity index (χ1v) is 3.50. The highest BCUT2D eigenvalue weighted by Crippen LogP contribution is 2.08. The molecule has 0 amide bonds. The number of halogens is 1. The van der Waals surface area contributed by atoms with Gasteiger partial charge in [0.1, 0.15) is 6.67 Å². The molecule has 0 saturated heterocycles. The van der Waals surface area contributed by atoms with Crippen LogP contribution >= 0.6 is 0 Å². The Bertz CT molecular complexity index is 235. The Morgan fingerprint density at radius 2 is 2.45 bits per heavy atom. The molecule has 2 nitrogen and oxygen atoms in total. The second kappa shape index (κ2) is 3.44. The highest BCUT2D eigenvalue weighted by Gasteiger charge is 2.00. The minimum Gasteiger partial charge on any atom is -0.323 e. The summed E-state index contributed by atoms with van der Waals surface area (Å²) in [5.74, 6) is 0. The predicted molar refractivity (Wildman–Crippen MR) is 41.7 cm³/mol. The van der Waals surface area contributed by atoms with Gasteiger partial charge in [0, 0.05) is 12.2 Å². The van der Waals surface area contributed by atoms with E-state index in [9.17, 15) is 4.39 Å². The summed E-state index contributed by atoms with van der Waals surface area (Å²) in [5.41, 5.74) is 6.92. The maximum Gasteiger partial charge on any atom is 0.115 e. The first kappa shape index (κ1) is 8.14. The highest BCUT2D eigenvalue weighted by molar-refractivity contribution is 5.17. The maximum absolute atomic E-state index is 12.1. The third-order valence-corrected chi connectivity index (χ3v) is 1.47. The molecule has 1 aromatic rings. The van der Waals surface area contributed by atoms with Gasteiger partial charge in [0.25, 0.3) is 0 Å². The minimum atomic E-state index is -0.456. The van der Waals surface area contributed by atoms with E-state index in [2.05, 4.69) is 4.98 Å². The van der Waals surface area contributed by atoms with E-state index in [1.165, 1.54) is 0 Å². The standard InChI is InChI=1S/C8H11FN2/c1-6(10)8-4-7(5-9)2-3-11-8/h2-4,6H,5,10H2,1H3. The largest absolute Gasteiger partial charge is 0.323 e. The van der Waals surface area contributed by atoms with Crippen LogP contribution in [0.3, 0.4) is 0 Å². The molecule has 2 N–H and O–H groups in total. The second-order valence-corrected chi connectivity index (χ2v) is 2.51. The molecule has 0 spiro atoms. The number of hydrogen-bond acceptors (Lipinski definition) is 2. The van der Waals surface area contributed by atoms with Gasteiger partial charge in [0.2, 0.25) is 0 Å². The van der Waals surface area contributed by atoms with Gasteiger partial charge in [0.15, 0.2) is 0 Å². The van der Waals surface area contributed by atoms with Gasteiger partial charge in [0.05, 0.1) is 5.69 Å². The Hall–Kier alpha value is -0.960. The van der Waals surface area contributed by atoms with Crippen molar-refractivity contribution in [2.45, 2.75) is 19.6 Å². The van der Waals surface area contributed by atoms with Crippen LogP contribution in [-0.4, -0.2) is 4.98 Å². The average Bonchev–Trinajstić information content (AvgIpc) is 2.05. The lowest BCUT2D eigenvalue weighted by Crippen LogP contribution is -2.07. The molecule has 0 aromatic carbocycles. The van der Waals surface area contributed by atoms with E-state index in [4.69, 9.17) is 5.73 Å². The maximum atomic E-state index is 12.1. The molecule has 1 rings (SSSR count). The molecule has 1 heterocycles. The third kappa shape index (κ3) is 1.98. The fourth-order valence-electron chi connectivity index (χ4n) is 0.827. The van der Waals surface area contributed by atoms with Crippen LogP contribution in [0.1, 0.15) is 24.2 Å². The molecule has 1 unspecified atom stereocenters. The summed E-state index contributed by atoms with van der Waals surface area (Å²) in [6.07, 6.45) is 1.58. The number of alkyl halides is 1. The summed E-state index contributed by atoms with van der Waals surface area (Å²) in [6.45, 7) is 1.37. The normalized spacial score (nSPS) is 13.0. The monoisotopic (exact) mass is 154 g/mol. The molecule has 0 aliphatic heterocycles. The zero-order valence-electron chi connectivity index (χ0n) is 6.42. The molecule has 1 aromatic heterocycles. The van der Waals surface area contributed by atoms with Gasteiger partial charge in [-0.1, -0.05) is 0 Å². The first-order chi connectivity index (χ1) is 5.24. The summed E-state index contributed by atoms with van der Waals surface area (Å²) >= 11 is 0. The van der Waals surface area contributed by atoms with Crippen molar-refractivity contribution in [1.82, 2.24) is 4.98 Å². The minimum absolute atomic E-state index is 0.124. The number of nitrogens with two attached hydrogens (primary N) is 1. The van der Waals surface area contributed by atoms with E-state index in [-0.39, 0.29) is 6.04 Å². The quantitative estimate of drug-likeness (QED) is 0.702. The van der Waals surface area contributed by atoms with E-state index in [1.807, 2.05) is 6.92 Å². The van der Waals surface area contributed by atoms with Crippen molar-refractivity contribution >= 4 is 0 Å². The molecule has 0 aliphatic rings. The van der Waals surface area contributed by atoms with Crippen LogP contribution in [0.5, 0.6) is 0 Å².